The van der Waals surface area contributed by atoms with Crippen molar-refractivity contribution in [2.45, 2.75) is 46.2 Å². The van der Waals surface area contributed by atoms with Gasteiger partial charge >= 0.3 is 0 Å². The summed E-state index contributed by atoms with van der Waals surface area (Å²) in [6, 6.07) is 23.3. The quantitative estimate of drug-likeness (QED) is 0.404. The summed E-state index contributed by atoms with van der Waals surface area (Å²) in [5.41, 5.74) is 6.33. The van der Waals surface area contributed by atoms with Crippen molar-refractivity contribution in [3.05, 3.63) is 106 Å². The lowest BCUT2D eigenvalue weighted by molar-refractivity contribution is -0.120. The van der Waals surface area contributed by atoms with Gasteiger partial charge in [0.2, 0.25) is 5.91 Å². The molecular weight excluding hydrogens is 482 g/mol. The van der Waals surface area contributed by atoms with Crippen LogP contribution in [0.1, 0.15) is 49.4 Å². The average Bonchev–Trinajstić information content (AvgIpc) is 2.98. The van der Waals surface area contributed by atoms with Gasteiger partial charge in [0.1, 0.15) is 0 Å². The molecule has 1 amide bonds. The predicted octanol–water partition coefficient (Wildman–Crippen LogP) is 6.58. The molecule has 0 saturated heterocycles. The lowest BCUT2D eigenvalue weighted by atomic mass is 9.73. The molecule has 0 spiro atoms. The molecule has 6 heteroatoms. The van der Waals surface area contributed by atoms with E-state index in [1.54, 1.807) is 0 Å². The van der Waals surface area contributed by atoms with Crippen LogP contribution in [0.2, 0.25) is 5.02 Å². The monoisotopic (exact) mass is 513 g/mol. The van der Waals surface area contributed by atoms with Crippen molar-refractivity contribution in [2.75, 3.05) is 16.8 Å². The largest absolute Gasteiger partial charge is 0.357 e. The molecule has 2 N–H and O–H groups in total. The molecule has 1 heterocycles. The highest BCUT2D eigenvalue weighted by molar-refractivity contribution is 6.31. The van der Waals surface area contributed by atoms with Gasteiger partial charge in [-0.1, -0.05) is 85.6 Å². The highest BCUT2D eigenvalue weighted by Gasteiger charge is 2.41. The number of benzene rings is 3. The Kier molecular flexibility index (Phi) is 6.82. The van der Waals surface area contributed by atoms with Crippen LogP contribution in [0.3, 0.4) is 0 Å². The van der Waals surface area contributed by atoms with E-state index in [9.17, 15) is 9.59 Å². The molecule has 0 fully saturated rings. The second-order valence-electron chi connectivity index (χ2n) is 10.8. The van der Waals surface area contributed by atoms with Crippen LogP contribution >= 0.6 is 11.6 Å². The number of carbonyl (C=O) groups is 2. The molecule has 0 saturated carbocycles. The normalized spacial score (nSPS) is 18.4. The first kappa shape index (κ1) is 25.1. The second kappa shape index (κ2) is 10.1. The van der Waals surface area contributed by atoms with Crippen molar-refractivity contribution in [3.63, 3.8) is 0 Å². The Morgan fingerprint density at radius 1 is 1.03 bits per heavy atom. The number of rotatable bonds is 5. The molecular formula is C31H32ClN3O2. The number of aryl methyl sites for hydroxylation is 1. The lowest BCUT2D eigenvalue weighted by Crippen LogP contribution is -2.41. The number of hydrogen-bond acceptors (Lipinski definition) is 4. The van der Waals surface area contributed by atoms with Gasteiger partial charge in [-0.25, -0.2) is 0 Å². The van der Waals surface area contributed by atoms with Gasteiger partial charge in [0.25, 0.3) is 0 Å². The average molecular weight is 514 g/mol. The Labute approximate surface area is 223 Å². The first-order valence-electron chi connectivity index (χ1n) is 12.7. The van der Waals surface area contributed by atoms with Crippen LogP contribution in [0.15, 0.2) is 84.1 Å². The summed E-state index contributed by atoms with van der Waals surface area (Å²) in [5.74, 6) is -0.0157. The number of amides is 1. The molecule has 1 atom stereocenters. The molecule has 2 aliphatic rings. The maximum Gasteiger partial charge on any atom is 0.239 e. The summed E-state index contributed by atoms with van der Waals surface area (Å²) in [4.78, 5) is 29.2. The Hall–Kier alpha value is -3.57. The summed E-state index contributed by atoms with van der Waals surface area (Å²) < 4.78 is 0. The molecule has 1 aliphatic carbocycles. The van der Waals surface area contributed by atoms with Gasteiger partial charge in [0.05, 0.1) is 24.0 Å². The number of nitrogens with zero attached hydrogens (tertiary/aromatic N) is 1. The number of Topliss-reactive ketones (excluding diaryl/α,β-unsaturated/α-hetero) is 1. The van der Waals surface area contributed by atoms with Crippen molar-refractivity contribution >= 4 is 34.7 Å². The molecule has 5 rings (SSSR count). The van der Waals surface area contributed by atoms with E-state index in [0.29, 0.717) is 18.0 Å². The third kappa shape index (κ3) is 5.28. The molecule has 37 heavy (non-hydrogen) atoms. The van der Waals surface area contributed by atoms with E-state index >= 15 is 0 Å². The van der Waals surface area contributed by atoms with Crippen LogP contribution < -0.4 is 15.5 Å². The minimum absolute atomic E-state index is 0.0924. The van der Waals surface area contributed by atoms with Crippen LogP contribution in [-0.4, -0.2) is 18.2 Å². The van der Waals surface area contributed by atoms with Gasteiger partial charge in [0.15, 0.2) is 5.78 Å². The molecule has 0 bridgehead atoms. The van der Waals surface area contributed by atoms with Crippen LogP contribution in [0, 0.1) is 12.3 Å². The lowest BCUT2D eigenvalue weighted by Gasteiger charge is -2.38. The highest BCUT2D eigenvalue weighted by Crippen LogP contribution is 2.48. The smallest absolute Gasteiger partial charge is 0.239 e. The van der Waals surface area contributed by atoms with Crippen LogP contribution in [0.25, 0.3) is 0 Å². The Morgan fingerprint density at radius 2 is 1.73 bits per heavy atom. The number of allylic oxidation sites excluding steroid dienone is 1. The summed E-state index contributed by atoms with van der Waals surface area (Å²) in [7, 11) is 0. The molecule has 5 nitrogen and oxygen atoms in total. The Bertz CT molecular complexity index is 1380. The van der Waals surface area contributed by atoms with Gasteiger partial charge < -0.3 is 15.5 Å². The fraction of sp³-hybridized carbons (Fsp3) is 0.290. The van der Waals surface area contributed by atoms with Gasteiger partial charge in [-0.2, -0.15) is 0 Å². The van der Waals surface area contributed by atoms with E-state index in [1.165, 1.54) is 0 Å². The zero-order valence-electron chi connectivity index (χ0n) is 21.5. The van der Waals surface area contributed by atoms with E-state index in [-0.39, 0.29) is 29.7 Å². The summed E-state index contributed by atoms with van der Waals surface area (Å²) in [5, 5.41) is 7.24. The maximum absolute atomic E-state index is 13.7. The van der Waals surface area contributed by atoms with Gasteiger partial charge in [0, 0.05) is 29.3 Å². The number of halogens is 1. The number of fused-ring (bicyclic) bond motifs is 1. The first-order valence-corrected chi connectivity index (χ1v) is 13.1. The number of anilines is 2. The Morgan fingerprint density at radius 3 is 2.49 bits per heavy atom. The molecule has 1 aliphatic heterocycles. The van der Waals surface area contributed by atoms with E-state index in [2.05, 4.69) is 53.6 Å². The van der Waals surface area contributed by atoms with Gasteiger partial charge in [-0.05, 0) is 48.1 Å². The fourth-order valence-electron chi connectivity index (χ4n) is 5.37. The van der Waals surface area contributed by atoms with Crippen LogP contribution in [0.5, 0.6) is 0 Å². The predicted molar refractivity (Wildman–Crippen MR) is 150 cm³/mol. The third-order valence-electron chi connectivity index (χ3n) is 7.14. The molecule has 3 aromatic rings. The molecule has 0 radical (unpaired) electrons. The van der Waals surface area contributed by atoms with Crippen molar-refractivity contribution in [3.8, 4) is 0 Å². The van der Waals surface area contributed by atoms with Crippen molar-refractivity contribution in [2.24, 2.45) is 5.41 Å². The minimum Gasteiger partial charge on any atom is -0.357 e. The van der Waals surface area contributed by atoms with Gasteiger partial charge in [-0.3, -0.25) is 9.59 Å². The number of carbonyl (C=O) groups excluding carboxylic acids is 2. The molecule has 1 unspecified atom stereocenters. The second-order valence-corrected chi connectivity index (χ2v) is 11.2. The van der Waals surface area contributed by atoms with Crippen molar-refractivity contribution in [1.29, 1.82) is 0 Å². The number of hydrogen-bond donors (Lipinski definition) is 2. The summed E-state index contributed by atoms with van der Waals surface area (Å²) >= 11 is 6.31. The fourth-order valence-corrected chi connectivity index (χ4v) is 5.57. The zero-order valence-corrected chi connectivity index (χ0v) is 22.2. The van der Waals surface area contributed by atoms with E-state index < -0.39 is 0 Å². The van der Waals surface area contributed by atoms with E-state index in [1.807, 2.05) is 55.5 Å². The van der Waals surface area contributed by atoms with Crippen molar-refractivity contribution < 1.29 is 9.59 Å². The third-order valence-corrected chi connectivity index (χ3v) is 7.51. The topological polar surface area (TPSA) is 61.4 Å². The number of nitrogens with one attached hydrogen (secondary N) is 2. The SMILES string of the molecule is Cc1ccc(C2C3=C(CC(C)(C)CC3=O)Nc3ccccc3N2CC(=O)NCc2ccccc2Cl)cc1. The Balaban J connectivity index is 1.57. The number of ketones is 1. The molecule has 190 valence electrons. The van der Waals surface area contributed by atoms with E-state index in [4.69, 9.17) is 11.6 Å². The zero-order chi connectivity index (χ0) is 26.2. The summed E-state index contributed by atoms with van der Waals surface area (Å²) in [6.07, 6.45) is 1.23. The summed E-state index contributed by atoms with van der Waals surface area (Å²) in [6.45, 7) is 6.74. The van der Waals surface area contributed by atoms with Crippen LogP contribution in [-0.2, 0) is 16.1 Å². The van der Waals surface area contributed by atoms with Crippen molar-refractivity contribution in [1.82, 2.24) is 5.32 Å². The first-order chi connectivity index (χ1) is 17.7. The van der Waals surface area contributed by atoms with Crippen LogP contribution in [0.4, 0.5) is 11.4 Å². The minimum atomic E-state index is -0.388. The standard InChI is InChI=1S/C31H32ClN3O2/c1-20-12-14-21(15-13-20)30-29-25(16-31(2,3)17-27(29)36)34-24-10-6-7-11-26(24)35(30)19-28(37)33-18-22-8-4-5-9-23(22)32/h4-15,30,34H,16-19H2,1-3H3,(H,33,37). The number of para-hydroxylation sites is 2. The maximum atomic E-state index is 13.7. The molecule has 3 aromatic carbocycles. The van der Waals surface area contributed by atoms with Gasteiger partial charge in [-0.15, -0.1) is 0 Å². The highest BCUT2D eigenvalue weighted by atomic mass is 35.5. The molecule has 0 aromatic heterocycles. The van der Waals surface area contributed by atoms with E-state index in [0.717, 1.165) is 45.8 Å².